The number of nitro benzene ring substituents is 1. The molecule has 0 bridgehead atoms. The number of nitrogens with zero attached hydrogens (tertiary/aromatic N) is 2. The second-order valence-electron chi connectivity index (χ2n) is 4.99. The molecule has 1 aromatic carbocycles. The molecule has 0 spiro atoms. The summed E-state index contributed by atoms with van der Waals surface area (Å²) in [5, 5.41) is 14.8. The maximum absolute atomic E-state index is 12.5. The van der Waals surface area contributed by atoms with Crippen LogP contribution in [-0.4, -0.2) is 41.9 Å². The molecule has 1 aromatic heterocycles. The van der Waals surface area contributed by atoms with Gasteiger partial charge >= 0.3 is 0 Å². The Morgan fingerprint density at radius 2 is 2.09 bits per heavy atom. The van der Waals surface area contributed by atoms with Crippen molar-refractivity contribution in [3.8, 4) is 0 Å². The summed E-state index contributed by atoms with van der Waals surface area (Å²) < 4.78 is 0.900. The summed E-state index contributed by atoms with van der Waals surface area (Å²) in [6.45, 7) is 3.19. The monoisotopic (exact) mass is 341 g/mol. The van der Waals surface area contributed by atoms with Crippen LogP contribution in [0.25, 0.3) is 10.1 Å². The summed E-state index contributed by atoms with van der Waals surface area (Å²) in [7, 11) is 0. The van der Waals surface area contributed by atoms with Gasteiger partial charge in [-0.25, -0.2) is 0 Å². The fourth-order valence-corrected chi connectivity index (χ4v) is 3.47. The van der Waals surface area contributed by atoms with Gasteiger partial charge in [0.1, 0.15) is 0 Å². The highest BCUT2D eigenvalue weighted by Gasteiger charge is 2.19. The Bertz CT molecular complexity index is 696. The van der Waals surface area contributed by atoms with E-state index in [9.17, 15) is 14.9 Å². The van der Waals surface area contributed by atoms with Crippen LogP contribution >= 0.6 is 23.7 Å². The Hall–Kier alpha value is -1.70. The maximum atomic E-state index is 12.5. The summed E-state index contributed by atoms with van der Waals surface area (Å²) in [6, 6.07) is 6.46. The van der Waals surface area contributed by atoms with Crippen molar-refractivity contribution in [2.45, 2.75) is 6.42 Å². The lowest BCUT2D eigenvalue weighted by Gasteiger charge is -2.18. The number of thiophene rings is 1. The zero-order valence-electron chi connectivity index (χ0n) is 11.8. The first-order valence-corrected chi connectivity index (χ1v) is 7.65. The fourth-order valence-electron chi connectivity index (χ4n) is 2.45. The van der Waals surface area contributed by atoms with Crippen LogP contribution in [0.15, 0.2) is 24.3 Å². The molecule has 1 aliphatic heterocycles. The minimum atomic E-state index is -0.418. The van der Waals surface area contributed by atoms with Crippen LogP contribution in [0.2, 0.25) is 0 Å². The first kappa shape index (κ1) is 16.7. The van der Waals surface area contributed by atoms with E-state index in [-0.39, 0.29) is 24.0 Å². The number of nitro groups is 1. The third-order valence-corrected chi connectivity index (χ3v) is 4.65. The van der Waals surface area contributed by atoms with E-state index in [0.29, 0.717) is 11.4 Å². The zero-order chi connectivity index (χ0) is 14.8. The molecule has 22 heavy (non-hydrogen) atoms. The highest BCUT2D eigenvalue weighted by atomic mass is 35.5. The van der Waals surface area contributed by atoms with Gasteiger partial charge in [-0.15, -0.1) is 23.7 Å². The van der Waals surface area contributed by atoms with Crippen molar-refractivity contribution in [1.29, 1.82) is 0 Å². The molecule has 118 valence electrons. The van der Waals surface area contributed by atoms with Crippen molar-refractivity contribution in [2.24, 2.45) is 0 Å². The van der Waals surface area contributed by atoms with E-state index in [2.05, 4.69) is 5.32 Å². The van der Waals surface area contributed by atoms with E-state index in [1.54, 1.807) is 12.1 Å². The smallest absolute Gasteiger partial charge is 0.270 e. The Kier molecular flexibility index (Phi) is 5.33. The number of hydrogen-bond acceptors (Lipinski definition) is 5. The summed E-state index contributed by atoms with van der Waals surface area (Å²) >= 11 is 1.39. The molecule has 2 heterocycles. The SMILES string of the molecule is Cl.O=C(c1cc2cc([N+](=O)[O-])ccc2s1)N1CCCNCC1. The number of carbonyl (C=O) groups is 1. The third kappa shape index (κ3) is 3.37. The number of non-ortho nitro benzene ring substituents is 1. The predicted molar refractivity (Wildman–Crippen MR) is 89.1 cm³/mol. The highest BCUT2D eigenvalue weighted by molar-refractivity contribution is 7.20. The van der Waals surface area contributed by atoms with E-state index in [1.807, 2.05) is 4.90 Å². The van der Waals surface area contributed by atoms with Crippen LogP contribution in [-0.2, 0) is 0 Å². The molecule has 1 saturated heterocycles. The summed E-state index contributed by atoms with van der Waals surface area (Å²) in [5.74, 6) is 0.0163. The molecule has 0 aliphatic carbocycles. The number of benzene rings is 1. The lowest BCUT2D eigenvalue weighted by atomic mass is 10.2. The Balaban J connectivity index is 0.00000176. The average molecular weight is 342 g/mol. The first-order chi connectivity index (χ1) is 10.1. The standard InChI is InChI=1S/C14H15N3O3S.ClH/c18-14(16-6-1-4-15-5-7-16)13-9-10-8-11(17(19)20)2-3-12(10)21-13;/h2-3,8-9,15H,1,4-7H2;1H. The molecule has 6 nitrogen and oxygen atoms in total. The molecule has 2 aromatic rings. The van der Waals surface area contributed by atoms with Gasteiger partial charge in [-0.3, -0.25) is 14.9 Å². The lowest BCUT2D eigenvalue weighted by molar-refractivity contribution is -0.384. The van der Waals surface area contributed by atoms with Crippen LogP contribution in [0.3, 0.4) is 0 Å². The molecule has 0 saturated carbocycles. The largest absolute Gasteiger partial charge is 0.337 e. The van der Waals surface area contributed by atoms with Gasteiger partial charge < -0.3 is 10.2 Å². The first-order valence-electron chi connectivity index (χ1n) is 6.83. The molecular weight excluding hydrogens is 326 g/mol. The van der Waals surface area contributed by atoms with E-state index >= 15 is 0 Å². The van der Waals surface area contributed by atoms with Crippen LogP contribution in [0.1, 0.15) is 16.1 Å². The fraction of sp³-hybridized carbons (Fsp3) is 0.357. The van der Waals surface area contributed by atoms with E-state index in [0.717, 1.165) is 36.1 Å². The number of rotatable bonds is 2. The lowest BCUT2D eigenvalue weighted by Crippen LogP contribution is -2.33. The normalized spacial score (nSPS) is 15.2. The van der Waals surface area contributed by atoms with Gasteiger partial charge in [-0.2, -0.15) is 0 Å². The Morgan fingerprint density at radius 3 is 2.86 bits per heavy atom. The number of nitrogens with one attached hydrogen (secondary N) is 1. The summed E-state index contributed by atoms with van der Waals surface area (Å²) in [4.78, 5) is 25.4. The van der Waals surface area contributed by atoms with Crippen LogP contribution in [0.5, 0.6) is 0 Å². The summed E-state index contributed by atoms with van der Waals surface area (Å²) in [6.07, 6.45) is 0.947. The minimum absolute atomic E-state index is 0. The van der Waals surface area contributed by atoms with Crippen LogP contribution < -0.4 is 5.32 Å². The van der Waals surface area contributed by atoms with Gasteiger partial charge in [-0.05, 0) is 25.1 Å². The van der Waals surface area contributed by atoms with Gasteiger partial charge in [0.15, 0.2) is 0 Å². The van der Waals surface area contributed by atoms with Crippen molar-refractivity contribution >= 4 is 45.4 Å². The topological polar surface area (TPSA) is 75.5 Å². The number of fused-ring (bicyclic) bond motifs is 1. The van der Waals surface area contributed by atoms with E-state index in [1.165, 1.54) is 23.5 Å². The molecule has 0 atom stereocenters. The van der Waals surface area contributed by atoms with Gasteiger partial charge in [0.05, 0.1) is 9.80 Å². The Morgan fingerprint density at radius 1 is 1.27 bits per heavy atom. The number of halogens is 1. The predicted octanol–water partition coefficient (Wildman–Crippen LogP) is 2.67. The zero-order valence-corrected chi connectivity index (χ0v) is 13.4. The van der Waals surface area contributed by atoms with Crippen LogP contribution in [0.4, 0.5) is 5.69 Å². The molecule has 0 radical (unpaired) electrons. The van der Waals surface area contributed by atoms with Crippen molar-refractivity contribution < 1.29 is 9.72 Å². The van der Waals surface area contributed by atoms with Gasteiger partial charge in [0.2, 0.25) is 0 Å². The Labute approximate surface area is 137 Å². The van der Waals surface area contributed by atoms with Crippen molar-refractivity contribution in [3.63, 3.8) is 0 Å². The minimum Gasteiger partial charge on any atom is -0.337 e. The van der Waals surface area contributed by atoms with Crippen molar-refractivity contribution in [1.82, 2.24) is 10.2 Å². The second kappa shape index (κ2) is 7.04. The number of hydrogen-bond donors (Lipinski definition) is 1. The summed E-state index contributed by atoms with van der Waals surface area (Å²) in [5.41, 5.74) is 0.0540. The van der Waals surface area contributed by atoms with Crippen LogP contribution in [0, 0.1) is 10.1 Å². The molecule has 1 amide bonds. The van der Waals surface area contributed by atoms with E-state index < -0.39 is 4.92 Å². The van der Waals surface area contributed by atoms with Gasteiger partial charge in [0.25, 0.3) is 11.6 Å². The highest BCUT2D eigenvalue weighted by Crippen LogP contribution is 2.29. The van der Waals surface area contributed by atoms with Gasteiger partial charge in [0, 0.05) is 41.9 Å². The molecule has 1 fully saturated rings. The molecule has 3 rings (SSSR count). The third-order valence-electron chi connectivity index (χ3n) is 3.55. The van der Waals surface area contributed by atoms with Crippen molar-refractivity contribution in [3.05, 3.63) is 39.3 Å². The molecular formula is C14H16ClN3O3S. The number of carbonyl (C=O) groups excluding carboxylic acids is 1. The molecule has 0 unspecified atom stereocenters. The van der Waals surface area contributed by atoms with Gasteiger partial charge in [-0.1, -0.05) is 0 Å². The van der Waals surface area contributed by atoms with Crippen molar-refractivity contribution in [2.75, 3.05) is 26.2 Å². The quantitative estimate of drug-likeness (QED) is 0.673. The maximum Gasteiger partial charge on any atom is 0.270 e. The molecule has 1 N–H and O–H groups in total. The molecule has 8 heteroatoms. The molecule has 1 aliphatic rings. The second-order valence-corrected chi connectivity index (χ2v) is 6.07. The number of amides is 1. The average Bonchev–Trinajstić information content (AvgIpc) is 2.71. The van der Waals surface area contributed by atoms with E-state index in [4.69, 9.17) is 0 Å².